The van der Waals surface area contributed by atoms with Gasteiger partial charge in [-0.25, -0.2) is 0 Å². The number of dihydropyridines is 1. The lowest BCUT2D eigenvalue weighted by Crippen LogP contribution is -2.06. The van der Waals surface area contributed by atoms with Crippen molar-refractivity contribution >= 4 is 6.21 Å². The normalized spacial score (nSPS) is 27.2. The van der Waals surface area contributed by atoms with Gasteiger partial charge in [0.1, 0.15) is 0 Å². The van der Waals surface area contributed by atoms with Crippen LogP contribution in [0.4, 0.5) is 0 Å². The summed E-state index contributed by atoms with van der Waals surface area (Å²) in [5.74, 6) is 0.654. The fourth-order valence-corrected chi connectivity index (χ4v) is 1.71. The third-order valence-corrected chi connectivity index (χ3v) is 2.45. The van der Waals surface area contributed by atoms with Crippen LogP contribution in [0.3, 0.4) is 0 Å². The molecule has 1 atom stereocenters. The van der Waals surface area contributed by atoms with Crippen LogP contribution in [0.2, 0.25) is 0 Å². The molecule has 0 amide bonds. The summed E-state index contributed by atoms with van der Waals surface area (Å²) in [7, 11) is 0. The molecule has 1 aliphatic carbocycles. The van der Waals surface area contributed by atoms with E-state index in [1.165, 1.54) is 11.1 Å². The van der Waals surface area contributed by atoms with Gasteiger partial charge < -0.3 is 0 Å². The van der Waals surface area contributed by atoms with Crippen molar-refractivity contribution in [2.45, 2.75) is 13.3 Å². The summed E-state index contributed by atoms with van der Waals surface area (Å²) < 4.78 is 0. The van der Waals surface area contributed by atoms with E-state index in [1.54, 1.807) is 0 Å². The van der Waals surface area contributed by atoms with E-state index in [0.717, 1.165) is 13.0 Å². The SMILES string of the molecule is CC1CC=CC=C2CN=CC=C21. The Morgan fingerprint density at radius 3 is 3.25 bits per heavy atom. The van der Waals surface area contributed by atoms with Gasteiger partial charge in [-0.05, 0) is 29.6 Å². The minimum atomic E-state index is 0.654. The Kier molecular flexibility index (Phi) is 1.94. The Balaban J connectivity index is 2.37. The smallest absolute Gasteiger partial charge is 0.0642 e. The molecule has 12 heavy (non-hydrogen) atoms. The number of hydrogen-bond acceptors (Lipinski definition) is 1. The molecule has 1 unspecified atom stereocenters. The topological polar surface area (TPSA) is 12.4 Å². The number of allylic oxidation sites excluding steroid dienone is 4. The Morgan fingerprint density at radius 1 is 1.42 bits per heavy atom. The maximum atomic E-state index is 4.23. The quantitative estimate of drug-likeness (QED) is 0.515. The molecule has 0 aromatic heterocycles. The van der Waals surface area contributed by atoms with Gasteiger partial charge in [0, 0.05) is 6.21 Å². The van der Waals surface area contributed by atoms with Gasteiger partial charge in [-0.1, -0.05) is 25.2 Å². The molecule has 0 saturated carbocycles. The minimum absolute atomic E-state index is 0.654. The van der Waals surface area contributed by atoms with E-state index in [-0.39, 0.29) is 0 Å². The van der Waals surface area contributed by atoms with Gasteiger partial charge in [-0.15, -0.1) is 0 Å². The Labute approximate surface area is 73.2 Å². The molecule has 62 valence electrons. The van der Waals surface area contributed by atoms with Crippen LogP contribution in [-0.4, -0.2) is 12.8 Å². The lowest BCUT2D eigenvalue weighted by molar-refractivity contribution is 0.702. The first-order chi connectivity index (χ1) is 5.88. The van der Waals surface area contributed by atoms with Crippen LogP contribution in [-0.2, 0) is 0 Å². The molecule has 0 bridgehead atoms. The van der Waals surface area contributed by atoms with Gasteiger partial charge >= 0.3 is 0 Å². The highest BCUT2D eigenvalue weighted by Gasteiger charge is 2.14. The average molecular weight is 159 g/mol. The van der Waals surface area contributed by atoms with Crippen molar-refractivity contribution in [3.63, 3.8) is 0 Å². The highest BCUT2D eigenvalue weighted by Crippen LogP contribution is 2.27. The summed E-state index contributed by atoms with van der Waals surface area (Å²) in [6.45, 7) is 3.13. The Morgan fingerprint density at radius 2 is 2.33 bits per heavy atom. The van der Waals surface area contributed by atoms with Crippen LogP contribution < -0.4 is 0 Å². The van der Waals surface area contributed by atoms with E-state index in [1.807, 2.05) is 6.21 Å². The second kappa shape index (κ2) is 3.10. The molecule has 1 heteroatoms. The van der Waals surface area contributed by atoms with Gasteiger partial charge in [0.15, 0.2) is 0 Å². The third-order valence-electron chi connectivity index (χ3n) is 2.45. The van der Waals surface area contributed by atoms with Crippen LogP contribution in [0.15, 0.2) is 40.4 Å². The van der Waals surface area contributed by atoms with Crippen LogP contribution in [0.1, 0.15) is 13.3 Å². The monoisotopic (exact) mass is 159 g/mol. The second-order valence-electron chi connectivity index (χ2n) is 3.37. The molecular formula is C11H13N. The van der Waals surface area contributed by atoms with Gasteiger partial charge in [-0.3, -0.25) is 4.99 Å². The average Bonchev–Trinajstić information content (AvgIpc) is 2.29. The first kappa shape index (κ1) is 7.53. The number of rotatable bonds is 0. The summed E-state index contributed by atoms with van der Waals surface area (Å²) in [6.07, 6.45) is 11.8. The van der Waals surface area contributed by atoms with Gasteiger partial charge in [0.05, 0.1) is 6.54 Å². The van der Waals surface area contributed by atoms with Crippen LogP contribution in [0.25, 0.3) is 0 Å². The van der Waals surface area contributed by atoms with E-state index in [2.05, 4.69) is 36.2 Å². The number of nitrogens with zero attached hydrogens (tertiary/aromatic N) is 1. The Bertz CT molecular complexity index is 292. The predicted octanol–water partition coefficient (Wildman–Crippen LogP) is 2.52. The van der Waals surface area contributed by atoms with Crippen molar-refractivity contribution in [2.75, 3.05) is 6.54 Å². The third kappa shape index (κ3) is 1.27. The highest BCUT2D eigenvalue weighted by molar-refractivity contribution is 5.76. The van der Waals surface area contributed by atoms with Crippen LogP contribution >= 0.6 is 0 Å². The standard InChI is InChI=1S/C11H13N/c1-9-4-2-3-5-10-8-12-7-6-11(9)10/h2-3,5-7,9H,4,8H2,1H3. The first-order valence-electron chi connectivity index (χ1n) is 4.44. The van der Waals surface area contributed by atoms with E-state index in [0.29, 0.717) is 5.92 Å². The molecule has 2 aliphatic rings. The summed E-state index contributed by atoms with van der Waals surface area (Å²) in [6, 6.07) is 0. The lowest BCUT2D eigenvalue weighted by Gasteiger charge is -2.16. The largest absolute Gasteiger partial charge is 0.288 e. The summed E-state index contributed by atoms with van der Waals surface area (Å²) in [5, 5.41) is 0. The summed E-state index contributed by atoms with van der Waals surface area (Å²) in [4.78, 5) is 4.23. The highest BCUT2D eigenvalue weighted by atomic mass is 14.7. The molecular weight excluding hydrogens is 146 g/mol. The lowest BCUT2D eigenvalue weighted by atomic mass is 9.91. The van der Waals surface area contributed by atoms with Crippen molar-refractivity contribution in [1.29, 1.82) is 0 Å². The van der Waals surface area contributed by atoms with E-state index in [4.69, 9.17) is 0 Å². The molecule has 1 aliphatic heterocycles. The number of hydrogen-bond donors (Lipinski definition) is 0. The van der Waals surface area contributed by atoms with Crippen molar-refractivity contribution in [1.82, 2.24) is 0 Å². The van der Waals surface area contributed by atoms with E-state index < -0.39 is 0 Å². The predicted molar refractivity (Wildman–Crippen MR) is 52.4 cm³/mol. The molecule has 0 spiro atoms. The van der Waals surface area contributed by atoms with Crippen molar-refractivity contribution in [3.05, 3.63) is 35.5 Å². The van der Waals surface area contributed by atoms with Gasteiger partial charge in [0.2, 0.25) is 0 Å². The fourth-order valence-electron chi connectivity index (χ4n) is 1.71. The summed E-state index contributed by atoms with van der Waals surface area (Å²) >= 11 is 0. The van der Waals surface area contributed by atoms with Gasteiger partial charge in [0.25, 0.3) is 0 Å². The zero-order valence-electron chi connectivity index (χ0n) is 7.33. The molecule has 0 aromatic carbocycles. The maximum Gasteiger partial charge on any atom is 0.0642 e. The van der Waals surface area contributed by atoms with E-state index >= 15 is 0 Å². The molecule has 1 heterocycles. The van der Waals surface area contributed by atoms with Crippen molar-refractivity contribution in [3.8, 4) is 0 Å². The minimum Gasteiger partial charge on any atom is -0.288 e. The second-order valence-corrected chi connectivity index (χ2v) is 3.37. The molecule has 2 rings (SSSR count). The van der Waals surface area contributed by atoms with E-state index in [9.17, 15) is 0 Å². The van der Waals surface area contributed by atoms with Crippen LogP contribution in [0.5, 0.6) is 0 Å². The molecule has 0 fully saturated rings. The molecule has 0 saturated heterocycles. The fraction of sp³-hybridized carbons (Fsp3) is 0.364. The zero-order chi connectivity index (χ0) is 8.39. The molecule has 0 N–H and O–H groups in total. The Hall–Kier alpha value is -1.11. The molecule has 1 nitrogen and oxygen atoms in total. The first-order valence-corrected chi connectivity index (χ1v) is 4.44. The van der Waals surface area contributed by atoms with Crippen molar-refractivity contribution in [2.24, 2.45) is 10.9 Å². The van der Waals surface area contributed by atoms with Crippen LogP contribution in [0, 0.1) is 5.92 Å². The van der Waals surface area contributed by atoms with Gasteiger partial charge in [-0.2, -0.15) is 0 Å². The summed E-state index contributed by atoms with van der Waals surface area (Å²) in [5.41, 5.74) is 2.86. The van der Waals surface area contributed by atoms with Crippen molar-refractivity contribution < 1.29 is 0 Å². The number of aliphatic imine (C=N–C) groups is 1. The number of fused-ring (bicyclic) bond motifs is 1. The molecule has 0 radical (unpaired) electrons. The molecule has 0 aromatic rings. The maximum absolute atomic E-state index is 4.23. The zero-order valence-corrected chi connectivity index (χ0v) is 7.33.